The minimum Gasteiger partial charge on any atom is -0.323 e. The highest BCUT2D eigenvalue weighted by atomic mass is 32.2. The van der Waals surface area contributed by atoms with Crippen molar-refractivity contribution in [2.45, 2.75) is 0 Å². The zero-order valence-electron chi connectivity index (χ0n) is 8.10. The lowest BCUT2D eigenvalue weighted by atomic mass is 10.3. The molecule has 6 nitrogen and oxygen atoms in total. The molecule has 2 atom stereocenters. The van der Waals surface area contributed by atoms with Gasteiger partial charge in [-0.3, -0.25) is 8.42 Å². The molecule has 8 heteroatoms. The molecule has 0 saturated carbocycles. The van der Waals surface area contributed by atoms with E-state index in [9.17, 15) is 8.42 Å². The van der Waals surface area contributed by atoms with Crippen LogP contribution in [0.2, 0.25) is 0 Å². The lowest BCUT2D eigenvalue weighted by Crippen LogP contribution is -2.28. The maximum absolute atomic E-state index is 10.9. The summed E-state index contributed by atoms with van der Waals surface area (Å²) in [4.78, 5) is 0. The normalized spacial score (nSPS) is 17.9. The summed E-state index contributed by atoms with van der Waals surface area (Å²) in [5.74, 6) is 10.5. The van der Waals surface area contributed by atoms with Gasteiger partial charge in [0.2, 0.25) is 0 Å². The quantitative estimate of drug-likeness (QED) is 0.340. The molecule has 0 amide bonds. The molecule has 0 aromatic rings. The van der Waals surface area contributed by atoms with Gasteiger partial charge in [0.15, 0.2) is 0 Å². The van der Waals surface area contributed by atoms with Crippen LogP contribution >= 0.6 is 0 Å². The van der Waals surface area contributed by atoms with Gasteiger partial charge in [-0.05, 0) is 0 Å². The number of rotatable bonds is 5. The van der Waals surface area contributed by atoms with E-state index in [-0.39, 0.29) is 11.5 Å². The molecule has 0 radical (unpaired) electrons. The maximum atomic E-state index is 10.9. The average Bonchev–Trinajstić information content (AvgIpc) is 2.10. The standard InChI is InChI=1S/C6H14N4O2S2/c1-13(11)3-5(9-7)6(10-8)4-14(2)12/h3-4,7-8H2,1-2H3/b9-5-,10-6-/t13-,14+. The average molecular weight is 238 g/mol. The highest BCUT2D eigenvalue weighted by Gasteiger charge is 2.12. The van der Waals surface area contributed by atoms with E-state index in [1.54, 1.807) is 0 Å². The summed E-state index contributed by atoms with van der Waals surface area (Å²) in [6.45, 7) is 0. The third kappa shape index (κ3) is 5.07. The second kappa shape index (κ2) is 6.66. The molecule has 14 heavy (non-hydrogen) atoms. The number of hydrogen-bond acceptors (Lipinski definition) is 6. The zero-order chi connectivity index (χ0) is 11.1. The molecule has 4 N–H and O–H groups in total. The van der Waals surface area contributed by atoms with Crippen molar-refractivity contribution in [1.82, 2.24) is 0 Å². The molecule has 0 aromatic heterocycles. The van der Waals surface area contributed by atoms with E-state index in [1.807, 2.05) is 0 Å². The Morgan fingerprint density at radius 2 is 1.29 bits per heavy atom. The second-order valence-electron chi connectivity index (χ2n) is 2.59. The molecule has 0 aromatic carbocycles. The van der Waals surface area contributed by atoms with Crippen LogP contribution in [0.25, 0.3) is 0 Å². The first-order valence-electron chi connectivity index (χ1n) is 3.65. The van der Waals surface area contributed by atoms with Gasteiger partial charge in [0.1, 0.15) is 0 Å². The first kappa shape index (κ1) is 13.2. The summed E-state index contributed by atoms with van der Waals surface area (Å²) in [5, 5.41) is 6.86. The Hall–Kier alpha value is -0.760. The minimum absolute atomic E-state index is 0.170. The van der Waals surface area contributed by atoms with Crippen molar-refractivity contribution < 1.29 is 8.42 Å². The van der Waals surface area contributed by atoms with Crippen LogP contribution < -0.4 is 11.7 Å². The molecular formula is C6H14N4O2S2. The number of nitrogens with two attached hydrogens (primary N) is 2. The van der Waals surface area contributed by atoms with Crippen molar-refractivity contribution >= 4 is 33.0 Å². The van der Waals surface area contributed by atoms with Gasteiger partial charge in [-0.15, -0.1) is 0 Å². The van der Waals surface area contributed by atoms with Crippen LogP contribution in [0.3, 0.4) is 0 Å². The van der Waals surface area contributed by atoms with E-state index in [0.29, 0.717) is 11.4 Å². The van der Waals surface area contributed by atoms with E-state index >= 15 is 0 Å². The monoisotopic (exact) mass is 238 g/mol. The first-order valence-corrected chi connectivity index (χ1v) is 7.10. The Balaban J connectivity index is 4.65. The smallest absolute Gasteiger partial charge is 0.0966 e. The SMILES string of the molecule is C[S@](=O)CC(=N/N)/C(C[S@@](C)=O)=N\N. The molecule has 0 unspecified atom stereocenters. The number of hydrogen-bond donors (Lipinski definition) is 2. The van der Waals surface area contributed by atoms with Crippen LogP contribution in [0.15, 0.2) is 10.2 Å². The Bertz CT molecular complexity index is 270. The summed E-state index contributed by atoms with van der Waals surface area (Å²) in [5.41, 5.74) is 0.673. The van der Waals surface area contributed by atoms with Crippen molar-refractivity contribution in [3.8, 4) is 0 Å². The van der Waals surface area contributed by atoms with Gasteiger partial charge >= 0.3 is 0 Å². The van der Waals surface area contributed by atoms with Gasteiger partial charge < -0.3 is 11.7 Å². The molecule has 0 bridgehead atoms. The van der Waals surface area contributed by atoms with E-state index < -0.39 is 21.6 Å². The molecule has 0 spiro atoms. The Labute approximate surface area is 87.7 Å². The minimum atomic E-state index is -1.08. The maximum Gasteiger partial charge on any atom is 0.0966 e. The first-order chi connectivity index (χ1) is 6.51. The van der Waals surface area contributed by atoms with E-state index in [0.717, 1.165) is 0 Å². The van der Waals surface area contributed by atoms with Gasteiger partial charge in [0.25, 0.3) is 0 Å². The molecule has 0 aliphatic rings. The van der Waals surface area contributed by atoms with Crippen molar-refractivity contribution in [3.05, 3.63) is 0 Å². The Morgan fingerprint density at radius 1 is 1.00 bits per heavy atom. The Morgan fingerprint density at radius 3 is 1.43 bits per heavy atom. The van der Waals surface area contributed by atoms with E-state index in [4.69, 9.17) is 11.7 Å². The van der Waals surface area contributed by atoms with Crippen LogP contribution in [0.1, 0.15) is 0 Å². The highest BCUT2D eigenvalue weighted by molar-refractivity contribution is 7.86. The molecular weight excluding hydrogens is 224 g/mol. The molecule has 0 fully saturated rings. The highest BCUT2D eigenvalue weighted by Crippen LogP contribution is 1.90. The van der Waals surface area contributed by atoms with E-state index in [2.05, 4.69) is 10.2 Å². The van der Waals surface area contributed by atoms with Crippen LogP contribution in [0, 0.1) is 0 Å². The molecule has 82 valence electrons. The fourth-order valence-corrected chi connectivity index (χ4v) is 2.03. The van der Waals surface area contributed by atoms with Gasteiger partial charge in [-0.1, -0.05) is 0 Å². The number of nitrogens with zero attached hydrogens (tertiary/aromatic N) is 2. The summed E-state index contributed by atoms with van der Waals surface area (Å²) >= 11 is 0. The van der Waals surface area contributed by atoms with E-state index in [1.165, 1.54) is 12.5 Å². The zero-order valence-corrected chi connectivity index (χ0v) is 9.73. The van der Waals surface area contributed by atoms with Gasteiger partial charge in [-0.2, -0.15) is 10.2 Å². The lowest BCUT2D eigenvalue weighted by molar-refractivity contribution is 0.688. The fourth-order valence-electron chi connectivity index (χ4n) is 0.775. The van der Waals surface area contributed by atoms with Crippen molar-refractivity contribution in [2.75, 3.05) is 24.0 Å². The number of hydrazone groups is 2. The van der Waals surface area contributed by atoms with Crippen LogP contribution in [0.5, 0.6) is 0 Å². The van der Waals surface area contributed by atoms with Gasteiger partial charge in [-0.25, -0.2) is 0 Å². The molecule has 0 saturated heterocycles. The van der Waals surface area contributed by atoms with Crippen molar-refractivity contribution in [2.24, 2.45) is 21.9 Å². The van der Waals surface area contributed by atoms with Crippen LogP contribution in [0.4, 0.5) is 0 Å². The molecule has 0 rings (SSSR count). The topological polar surface area (TPSA) is 111 Å². The summed E-state index contributed by atoms with van der Waals surface area (Å²) in [6, 6.07) is 0. The van der Waals surface area contributed by atoms with Crippen LogP contribution in [-0.2, 0) is 21.6 Å². The molecule has 0 heterocycles. The predicted octanol–water partition coefficient (Wildman–Crippen LogP) is -1.63. The van der Waals surface area contributed by atoms with Gasteiger partial charge in [0.05, 0.1) is 22.9 Å². The van der Waals surface area contributed by atoms with Crippen LogP contribution in [-0.4, -0.2) is 43.9 Å². The summed E-state index contributed by atoms with van der Waals surface area (Å²) in [7, 11) is -2.16. The van der Waals surface area contributed by atoms with Crippen molar-refractivity contribution in [3.63, 3.8) is 0 Å². The fraction of sp³-hybridized carbons (Fsp3) is 0.667. The summed E-state index contributed by atoms with van der Waals surface area (Å²) in [6.07, 6.45) is 3.03. The lowest BCUT2D eigenvalue weighted by Gasteiger charge is -2.04. The largest absolute Gasteiger partial charge is 0.323 e. The van der Waals surface area contributed by atoms with Crippen molar-refractivity contribution in [1.29, 1.82) is 0 Å². The van der Waals surface area contributed by atoms with Gasteiger partial charge in [0, 0.05) is 34.1 Å². The molecule has 0 aliphatic carbocycles. The summed E-state index contributed by atoms with van der Waals surface area (Å²) < 4.78 is 21.8. The third-order valence-corrected chi connectivity index (χ3v) is 2.68. The Kier molecular flexibility index (Phi) is 6.30. The predicted molar refractivity (Wildman–Crippen MR) is 61.1 cm³/mol. The molecule has 0 aliphatic heterocycles. The third-order valence-electron chi connectivity index (χ3n) is 1.32. The second-order valence-corrected chi connectivity index (χ2v) is 5.46.